The third kappa shape index (κ3) is 4.11. The number of pyridine rings is 1. The maximum atomic E-state index is 12.1. The Kier molecular flexibility index (Phi) is 5.50. The van der Waals surface area contributed by atoms with Gasteiger partial charge in [0.15, 0.2) is 0 Å². The van der Waals surface area contributed by atoms with Crippen LogP contribution in [0, 0.1) is 18.8 Å². The van der Waals surface area contributed by atoms with Crippen molar-refractivity contribution in [3.05, 3.63) is 88.2 Å². The van der Waals surface area contributed by atoms with Gasteiger partial charge in [-0.05, 0) is 41.3 Å². The highest BCUT2D eigenvalue weighted by Gasteiger charge is 2.28. The Balaban J connectivity index is 1.35. The van der Waals surface area contributed by atoms with Gasteiger partial charge < -0.3 is 10.1 Å². The number of rotatable bonds is 3. The van der Waals surface area contributed by atoms with E-state index < -0.39 is 6.09 Å². The lowest BCUT2D eigenvalue weighted by molar-refractivity contribution is 0.144. The molecule has 4 nitrogen and oxygen atoms in total. The van der Waals surface area contributed by atoms with Crippen molar-refractivity contribution < 1.29 is 9.53 Å². The second kappa shape index (κ2) is 8.38. The second-order valence-corrected chi connectivity index (χ2v) is 7.13. The molecule has 3 aromatic rings. The number of aromatic nitrogens is 1. The molecule has 0 fully saturated rings. The summed E-state index contributed by atoms with van der Waals surface area (Å²) in [6.07, 6.45) is -0.491. The van der Waals surface area contributed by atoms with Crippen LogP contribution in [0.25, 0.3) is 11.1 Å². The first kappa shape index (κ1) is 19.0. The van der Waals surface area contributed by atoms with Gasteiger partial charge in [0.1, 0.15) is 11.8 Å². The third-order valence-electron chi connectivity index (χ3n) is 4.88. The van der Waals surface area contributed by atoms with Gasteiger partial charge in [0, 0.05) is 11.6 Å². The summed E-state index contributed by atoms with van der Waals surface area (Å²) in [4.78, 5) is 16.3. The van der Waals surface area contributed by atoms with Crippen LogP contribution in [0.15, 0.2) is 60.7 Å². The molecule has 0 unspecified atom stereocenters. The fraction of sp³-hybridized carbons (Fsp3) is 0.167. The van der Waals surface area contributed by atoms with Crippen molar-refractivity contribution in [1.82, 2.24) is 10.3 Å². The summed E-state index contributed by atoms with van der Waals surface area (Å²) in [5.74, 6) is 5.81. The van der Waals surface area contributed by atoms with Crippen molar-refractivity contribution in [3.8, 4) is 23.0 Å². The Hall–Kier alpha value is -3.29. The minimum absolute atomic E-state index is 0.0386. The Morgan fingerprint density at radius 3 is 2.38 bits per heavy atom. The van der Waals surface area contributed by atoms with E-state index in [0.717, 1.165) is 5.69 Å². The van der Waals surface area contributed by atoms with Crippen molar-refractivity contribution in [2.24, 2.45) is 0 Å². The molecule has 5 heteroatoms. The minimum atomic E-state index is -0.491. The molecule has 1 heterocycles. The number of carbonyl (C=O) groups is 1. The number of aryl methyl sites for hydroxylation is 1. The van der Waals surface area contributed by atoms with Crippen molar-refractivity contribution >= 4 is 17.7 Å². The molecule has 1 aromatic heterocycles. The molecule has 1 aliphatic carbocycles. The SMILES string of the molecule is Cc1ccc(C#CCNC(=O)OCC2c3ccccc3-c3ccccc32)c(Cl)n1. The molecule has 0 atom stereocenters. The quantitative estimate of drug-likeness (QED) is 0.499. The van der Waals surface area contributed by atoms with E-state index in [0.29, 0.717) is 10.7 Å². The molecule has 144 valence electrons. The standard InChI is InChI=1S/C24H19ClN2O2/c1-16-12-13-17(23(25)27-16)7-6-14-26-24(28)29-15-22-20-10-4-2-8-18(20)19-9-3-5-11-21(19)22/h2-5,8-13,22H,14-15H2,1H3,(H,26,28). The molecule has 0 saturated heterocycles. The highest BCUT2D eigenvalue weighted by Crippen LogP contribution is 2.44. The van der Waals surface area contributed by atoms with Crippen molar-refractivity contribution in [1.29, 1.82) is 0 Å². The first-order valence-corrected chi connectivity index (χ1v) is 9.72. The molecule has 0 aliphatic heterocycles. The van der Waals surface area contributed by atoms with Gasteiger partial charge in [-0.1, -0.05) is 72.0 Å². The Morgan fingerprint density at radius 1 is 1.07 bits per heavy atom. The van der Waals surface area contributed by atoms with Crippen LogP contribution in [0.1, 0.15) is 28.3 Å². The number of nitrogens with zero attached hydrogens (tertiary/aromatic N) is 1. The molecule has 0 spiro atoms. The lowest BCUT2D eigenvalue weighted by Crippen LogP contribution is -2.26. The van der Waals surface area contributed by atoms with Crippen LogP contribution in [-0.2, 0) is 4.74 Å². The smallest absolute Gasteiger partial charge is 0.407 e. The van der Waals surface area contributed by atoms with E-state index in [9.17, 15) is 4.79 Å². The number of hydrogen-bond acceptors (Lipinski definition) is 3. The molecule has 0 bridgehead atoms. The number of ether oxygens (including phenoxy) is 1. The largest absolute Gasteiger partial charge is 0.449 e. The molecular weight excluding hydrogens is 384 g/mol. The van der Waals surface area contributed by atoms with Crippen molar-refractivity contribution in [3.63, 3.8) is 0 Å². The van der Waals surface area contributed by atoms with Gasteiger partial charge in [0.05, 0.1) is 12.1 Å². The molecule has 1 amide bonds. The highest BCUT2D eigenvalue weighted by atomic mass is 35.5. The van der Waals surface area contributed by atoms with E-state index in [1.54, 1.807) is 0 Å². The predicted molar refractivity (Wildman–Crippen MR) is 114 cm³/mol. The van der Waals surface area contributed by atoms with Gasteiger partial charge in [-0.2, -0.15) is 0 Å². The van der Waals surface area contributed by atoms with E-state index in [1.807, 2.05) is 43.3 Å². The van der Waals surface area contributed by atoms with Gasteiger partial charge in [0.25, 0.3) is 0 Å². The number of nitrogens with one attached hydrogen (secondary N) is 1. The van der Waals surface area contributed by atoms with Crippen molar-refractivity contribution in [2.75, 3.05) is 13.2 Å². The molecule has 1 aliphatic rings. The summed E-state index contributed by atoms with van der Waals surface area (Å²) in [6.45, 7) is 2.31. The first-order valence-electron chi connectivity index (χ1n) is 9.34. The summed E-state index contributed by atoms with van der Waals surface area (Å²) >= 11 is 6.05. The molecule has 4 rings (SSSR count). The van der Waals surface area contributed by atoms with E-state index in [1.165, 1.54) is 22.3 Å². The molecule has 0 radical (unpaired) electrons. The normalized spacial score (nSPS) is 11.8. The van der Waals surface area contributed by atoms with E-state index in [2.05, 4.69) is 46.4 Å². The average molecular weight is 403 g/mol. The van der Waals surface area contributed by atoms with E-state index in [-0.39, 0.29) is 19.1 Å². The zero-order valence-corrected chi connectivity index (χ0v) is 16.7. The average Bonchev–Trinajstić information content (AvgIpc) is 3.05. The topological polar surface area (TPSA) is 51.2 Å². The number of hydrogen-bond donors (Lipinski definition) is 1. The number of fused-ring (bicyclic) bond motifs is 3. The molecule has 0 saturated carbocycles. The van der Waals surface area contributed by atoms with Crippen LogP contribution in [0.3, 0.4) is 0 Å². The van der Waals surface area contributed by atoms with Gasteiger partial charge in [-0.15, -0.1) is 0 Å². The van der Waals surface area contributed by atoms with Crippen LogP contribution >= 0.6 is 11.6 Å². The lowest BCUT2D eigenvalue weighted by atomic mass is 9.98. The number of amides is 1. The van der Waals surface area contributed by atoms with Crippen molar-refractivity contribution in [2.45, 2.75) is 12.8 Å². The van der Waals surface area contributed by atoms with Gasteiger partial charge in [-0.25, -0.2) is 9.78 Å². The number of carbonyl (C=O) groups excluding carboxylic acids is 1. The first-order chi connectivity index (χ1) is 14.1. The molecular formula is C24H19ClN2O2. The maximum Gasteiger partial charge on any atom is 0.407 e. The highest BCUT2D eigenvalue weighted by molar-refractivity contribution is 6.30. The Morgan fingerprint density at radius 2 is 1.72 bits per heavy atom. The van der Waals surface area contributed by atoms with E-state index >= 15 is 0 Å². The number of halogens is 1. The monoisotopic (exact) mass is 402 g/mol. The summed E-state index contributed by atoms with van der Waals surface area (Å²) in [5, 5.41) is 3.02. The minimum Gasteiger partial charge on any atom is -0.449 e. The molecule has 29 heavy (non-hydrogen) atoms. The maximum absolute atomic E-state index is 12.1. The van der Waals surface area contributed by atoms with E-state index in [4.69, 9.17) is 16.3 Å². The fourth-order valence-corrected chi connectivity index (χ4v) is 3.77. The number of alkyl carbamates (subject to hydrolysis) is 1. The zero-order chi connectivity index (χ0) is 20.2. The van der Waals surface area contributed by atoms with Crippen LogP contribution in [0.2, 0.25) is 5.15 Å². The summed E-state index contributed by atoms with van der Waals surface area (Å²) in [6, 6.07) is 20.1. The number of benzene rings is 2. The Bertz CT molecular complexity index is 1090. The third-order valence-corrected chi connectivity index (χ3v) is 5.16. The van der Waals surface area contributed by atoms with Gasteiger partial charge >= 0.3 is 6.09 Å². The zero-order valence-electron chi connectivity index (χ0n) is 15.9. The molecule has 1 N–H and O–H groups in total. The van der Waals surface area contributed by atoms with Crippen LogP contribution < -0.4 is 5.32 Å². The summed E-state index contributed by atoms with van der Waals surface area (Å²) in [5.41, 5.74) is 6.23. The van der Waals surface area contributed by atoms with Gasteiger partial charge in [-0.3, -0.25) is 0 Å². The second-order valence-electron chi connectivity index (χ2n) is 6.77. The van der Waals surface area contributed by atoms with Gasteiger partial charge in [0.2, 0.25) is 0 Å². The van der Waals surface area contributed by atoms with Crippen LogP contribution in [-0.4, -0.2) is 24.2 Å². The fourth-order valence-electron chi connectivity index (χ4n) is 3.52. The Labute approximate surface area is 174 Å². The summed E-state index contributed by atoms with van der Waals surface area (Å²) in [7, 11) is 0. The predicted octanol–water partition coefficient (Wildman–Crippen LogP) is 4.93. The van der Waals surface area contributed by atoms with Crippen LogP contribution in [0.5, 0.6) is 0 Å². The lowest BCUT2D eigenvalue weighted by Gasteiger charge is -2.14. The molecule has 2 aromatic carbocycles. The summed E-state index contributed by atoms with van der Waals surface area (Å²) < 4.78 is 5.48. The van der Waals surface area contributed by atoms with Crippen LogP contribution in [0.4, 0.5) is 4.79 Å².